The summed E-state index contributed by atoms with van der Waals surface area (Å²) in [7, 11) is 3.68. The number of methoxy groups -OCH3 is 2. The predicted molar refractivity (Wildman–Crippen MR) is 111 cm³/mol. The maximum atomic E-state index is 5.74. The molecule has 23 heavy (non-hydrogen) atoms. The quantitative estimate of drug-likeness (QED) is 0.131. The maximum absolute atomic E-state index is 5.74. The summed E-state index contributed by atoms with van der Waals surface area (Å²) in [5.41, 5.74) is 0. The van der Waals surface area contributed by atoms with Crippen LogP contribution in [0.4, 0.5) is 0 Å². The molecule has 0 aliphatic heterocycles. The van der Waals surface area contributed by atoms with Crippen molar-refractivity contribution < 1.29 is 9.47 Å². The number of alkyl halides is 1. The zero-order chi connectivity index (χ0) is 17.2. The van der Waals surface area contributed by atoms with Gasteiger partial charge in [0, 0.05) is 24.8 Å². The van der Waals surface area contributed by atoms with Crippen LogP contribution in [0.5, 0.6) is 0 Å². The largest absolute Gasteiger partial charge is 0.385 e. The van der Waals surface area contributed by atoms with Gasteiger partial charge in [0.1, 0.15) is 0 Å². The van der Waals surface area contributed by atoms with Gasteiger partial charge < -0.3 is 9.47 Å². The number of halogens is 1. The monoisotopic (exact) mass is 440 g/mol. The Labute approximate surface area is 159 Å². The highest BCUT2D eigenvalue weighted by atomic mass is 127. The maximum Gasteiger partial charge on any atom is 0.0688 e. The summed E-state index contributed by atoms with van der Waals surface area (Å²) < 4.78 is 11.5. The van der Waals surface area contributed by atoms with Crippen LogP contribution in [0.25, 0.3) is 0 Å². The molecule has 0 radical (unpaired) electrons. The van der Waals surface area contributed by atoms with E-state index in [0.29, 0.717) is 10.0 Å². The highest BCUT2D eigenvalue weighted by Gasteiger charge is 2.17. The minimum atomic E-state index is 0.458. The first kappa shape index (κ1) is 23.6. The van der Waals surface area contributed by atoms with Crippen molar-refractivity contribution in [2.45, 2.75) is 107 Å². The Balaban J connectivity index is 3.51. The molecule has 140 valence electrons. The fraction of sp³-hybridized carbons (Fsp3) is 1.00. The molecule has 0 spiro atoms. The van der Waals surface area contributed by atoms with Crippen molar-refractivity contribution in [1.29, 1.82) is 0 Å². The van der Waals surface area contributed by atoms with E-state index in [4.69, 9.17) is 9.47 Å². The number of hydrogen-bond donors (Lipinski definition) is 0. The molecule has 0 aromatic rings. The van der Waals surface area contributed by atoms with Crippen LogP contribution in [0.3, 0.4) is 0 Å². The van der Waals surface area contributed by atoms with E-state index in [-0.39, 0.29) is 0 Å². The van der Waals surface area contributed by atoms with Crippen LogP contribution in [0.15, 0.2) is 0 Å². The molecule has 0 fully saturated rings. The number of rotatable bonds is 18. The van der Waals surface area contributed by atoms with E-state index in [1.807, 2.05) is 7.11 Å². The Morgan fingerprint density at radius 2 is 1.22 bits per heavy atom. The van der Waals surface area contributed by atoms with Crippen molar-refractivity contribution in [1.82, 2.24) is 0 Å². The fourth-order valence-corrected chi connectivity index (χ4v) is 4.14. The van der Waals surface area contributed by atoms with Gasteiger partial charge in [-0.25, -0.2) is 0 Å². The minimum Gasteiger partial charge on any atom is -0.385 e. The summed E-state index contributed by atoms with van der Waals surface area (Å²) in [4.78, 5) is 0. The molecular formula is C20H41IO2. The van der Waals surface area contributed by atoms with Gasteiger partial charge in [-0.3, -0.25) is 0 Å². The average molecular weight is 440 g/mol. The molecule has 3 heteroatoms. The summed E-state index contributed by atoms with van der Waals surface area (Å²) in [5, 5.41) is 0. The molecule has 0 heterocycles. The number of unbranched alkanes of at least 4 members (excludes halogenated alkanes) is 10. The van der Waals surface area contributed by atoms with E-state index >= 15 is 0 Å². The molecule has 0 rings (SSSR count). The van der Waals surface area contributed by atoms with Gasteiger partial charge in [-0.05, 0) is 19.3 Å². The predicted octanol–water partition coefficient (Wildman–Crippen LogP) is 6.93. The molecule has 0 bridgehead atoms. The molecule has 0 aromatic carbocycles. The zero-order valence-electron chi connectivity index (χ0n) is 16.0. The highest BCUT2D eigenvalue weighted by molar-refractivity contribution is 14.1. The SMILES string of the molecule is CCCCCCCC[C@@H](I)[C@@H](CCCCCCCCOC)OC. The van der Waals surface area contributed by atoms with Gasteiger partial charge in [-0.2, -0.15) is 0 Å². The van der Waals surface area contributed by atoms with Crippen LogP contribution in [0.1, 0.15) is 96.8 Å². The molecule has 0 amide bonds. The molecule has 0 aliphatic rings. The first-order valence-electron chi connectivity index (χ1n) is 9.92. The van der Waals surface area contributed by atoms with E-state index in [2.05, 4.69) is 29.5 Å². The van der Waals surface area contributed by atoms with E-state index in [0.717, 1.165) is 6.61 Å². The molecule has 0 saturated heterocycles. The lowest BCUT2D eigenvalue weighted by atomic mass is 10.0. The van der Waals surface area contributed by atoms with Crippen molar-refractivity contribution in [3.05, 3.63) is 0 Å². The Hall–Kier alpha value is 0.650. The molecule has 0 aliphatic carbocycles. The fourth-order valence-electron chi connectivity index (χ4n) is 3.05. The Bertz CT molecular complexity index is 224. The first-order chi connectivity index (χ1) is 11.3. The van der Waals surface area contributed by atoms with Gasteiger partial charge >= 0.3 is 0 Å². The Morgan fingerprint density at radius 1 is 0.696 bits per heavy atom. The Kier molecular flexibility index (Phi) is 19.5. The van der Waals surface area contributed by atoms with Crippen LogP contribution in [0.2, 0.25) is 0 Å². The third kappa shape index (κ3) is 15.9. The third-order valence-corrected chi connectivity index (χ3v) is 6.05. The highest BCUT2D eigenvalue weighted by Crippen LogP contribution is 2.22. The smallest absolute Gasteiger partial charge is 0.0688 e. The summed E-state index contributed by atoms with van der Waals surface area (Å²) in [6.45, 7) is 3.20. The summed E-state index contributed by atoms with van der Waals surface area (Å²) >= 11 is 2.62. The van der Waals surface area contributed by atoms with Crippen molar-refractivity contribution >= 4 is 22.6 Å². The summed E-state index contributed by atoms with van der Waals surface area (Å²) in [5.74, 6) is 0. The molecule has 0 N–H and O–H groups in total. The molecular weight excluding hydrogens is 399 g/mol. The summed E-state index contributed by atoms with van der Waals surface area (Å²) in [6, 6.07) is 0. The van der Waals surface area contributed by atoms with Crippen molar-refractivity contribution in [3.63, 3.8) is 0 Å². The molecule has 0 unspecified atom stereocenters. The van der Waals surface area contributed by atoms with Gasteiger partial charge in [0.15, 0.2) is 0 Å². The molecule has 0 saturated carbocycles. The molecule has 2 nitrogen and oxygen atoms in total. The summed E-state index contributed by atoms with van der Waals surface area (Å²) in [6.07, 6.45) is 19.3. The third-order valence-electron chi connectivity index (χ3n) is 4.63. The second-order valence-corrected chi connectivity index (χ2v) is 8.35. The first-order valence-corrected chi connectivity index (χ1v) is 11.2. The van der Waals surface area contributed by atoms with Gasteiger partial charge in [-0.15, -0.1) is 0 Å². The lowest BCUT2D eigenvalue weighted by Crippen LogP contribution is -2.22. The van der Waals surface area contributed by atoms with Gasteiger partial charge in [-0.1, -0.05) is 100 Å². The van der Waals surface area contributed by atoms with Crippen LogP contribution < -0.4 is 0 Å². The minimum absolute atomic E-state index is 0.458. The van der Waals surface area contributed by atoms with E-state index in [9.17, 15) is 0 Å². The van der Waals surface area contributed by atoms with Crippen LogP contribution >= 0.6 is 22.6 Å². The molecule has 0 aromatic heterocycles. The normalized spacial score (nSPS) is 14.1. The van der Waals surface area contributed by atoms with Crippen LogP contribution in [-0.2, 0) is 9.47 Å². The second-order valence-electron chi connectivity index (χ2n) is 6.75. The number of hydrogen-bond acceptors (Lipinski definition) is 2. The van der Waals surface area contributed by atoms with Crippen molar-refractivity contribution in [2.24, 2.45) is 0 Å². The van der Waals surface area contributed by atoms with E-state index < -0.39 is 0 Å². The van der Waals surface area contributed by atoms with Crippen molar-refractivity contribution in [3.8, 4) is 0 Å². The number of ether oxygens (including phenoxy) is 2. The zero-order valence-corrected chi connectivity index (χ0v) is 18.1. The van der Waals surface area contributed by atoms with E-state index in [1.54, 1.807) is 7.11 Å². The van der Waals surface area contributed by atoms with Gasteiger partial charge in [0.05, 0.1) is 6.10 Å². The van der Waals surface area contributed by atoms with Crippen molar-refractivity contribution in [2.75, 3.05) is 20.8 Å². The lowest BCUT2D eigenvalue weighted by Gasteiger charge is -2.21. The van der Waals surface area contributed by atoms with Gasteiger partial charge in [0.2, 0.25) is 0 Å². The van der Waals surface area contributed by atoms with Crippen LogP contribution in [0, 0.1) is 0 Å². The topological polar surface area (TPSA) is 18.5 Å². The standard InChI is InChI=1S/C20H41IO2/c1-4-5-6-7-10-13-16-19(21)20(23-3)17-14-11-8-9-12-15-18-22-2/h19-20H,4-18H2,1-3H3/t19-,20-/m1/s1. The average Bonchev–Trinajstić information content (AvgIpc) is 2.56. The lowest BCUT2D eigenvalue weighted by molar-refractivity contribution is 0.0917. The molecule has 2 atom stereocenters. The second kappa shape index (κ2) is 19.0. The van der Waals surface area contributed by atoms with Gasteiger partial charge in [0.25, 0.3) is 0 Å². The Morgan fingerprint density at radius 3 is 1.78 bits per heavy atom. The van der Waals surface area contributed by atoms with E-state index in [1.165, 1.54) is 89.9 Å². The van der Waals surface area contributed by atoms with Crippen LogP contribution in [-0.4, -0.2) is 30.9 Å².